The summed E-state index contributed by atoms with van der Waals surface area (Å²) in [6.45, 7) is 4.23. The molecule has 1 aromatic heterocycles. The molecule has 1 heterocycles. The second-order valence-electron chi connectivity index (χ2n) is 4.67. The summed E-state index contributed by atoms with van der Waals surface area (Å²) >= 11 is 0. The van der Waals surface area contributed by atoms with Crippen molar-refractivity contribution >= 4 is 16.5 Å². The van der Waals surface area contributed by atoms with Gasteiger partial charge >= 0.3 is 0 Å². The van der Waals surface area contributed by atoms with Crippen molar-refractivity contribution in [3.63, 3.8) is 0 Å². The molecule has 0 aliphatic heterocycles. The van der Waals surface area contributed by atoms with Crippen LogP contribution in [0.3, 0.4) is 0 Å². The summed E-state index contributed by atoms with van der Waals surface area (Å²) in [4.78, 5) is 0. The molecule has 2 nitrogen and oxygen atoms in total. The molecule has 0 unspecified atom stereocenters. The van der Waals surface area contributed by atoms with Gasteiger partial charge in [0, 0.05) is 22.5 Å². The summed E-state index contributed by atoms with van der Waals surface area (Å²) in [7, 11) is 0. The Bertz CT molecular complexity index is 698. The third kappa shape index (κ3) is 1.50. The number of hydrogen-bond acceptors (Lipinski definition) is 1. The lowest BCUT2D eigenvalue weighted by molar-refractivity contribution is 0.975. The molecule has 0 fully saturated rings. The minimum atomic E-state index is 0.829. The zero-order valence-electron chi connectivity index (χ0n) is 10.6. The Morgan fingerprint density at radius 1 is 0.833 bits per heavy atom. The summed E-state index contributed by atoms with van der Waals surface area (Å²) in [5, 5.41) is 2.31. The van der Waals surface area contributed by atoms with Gasteiger partial charge in [-0.1, -0.05) is 24.3 Å². The van der Waals surface area contributed by atoms with E-state index in [9.17, 15) is 0 Å². The number of benzene rings is 2. The highest BCUT2D eigenvalue weighted by Crippen LogP contribution is 2.29. The Morgan fingerprint density at radius 3 is 2.11 bits per heavy atom. The van der Waals surface area contributed by atoms with Crippen LogP contribution in [0.4, 0.5) is 5.69 Å². The highest BCUT2D eigenvalue weighted by Gasteiger charge is 2.09. The van der Waals surface area contributed by atoms with Gasteiger partial charge in [0.25, 0.3) is 0 Å². The van der Waals surface area contributed by atoms with Crippen molar-refractivity contribution in [3.8, 4) is 5.69 Å². The number of hydrogen-bond donors (Lipinski definition) is 1. The third-order valence-corrected chi connectivity index (χ3v) is 3.43. The van der Waals surface area contributed by atoms with E-state index >= 15 is 0 Å². The lowest BCUT2D eigenvalue weighted by Crippen LogP contribution is -2.01. The fourth-order valence-corrected chi connectivity index (χ4v) is 2.58. The van der Waals surface area contributed by atoms with Crippen LogP contribution < -0.4 is 5.73 Å². The maximum Gasteiger partial charge on any atom is 0.0554 e. The number of rotatable bonds is 1. The van der Waals surface area contributed by atoms with Crippen LogP contribution in [0.2, 0.25) is 0 Å². The Hall–Kier alpha value is -2.22. The zero-order chi connectivity index (χ0) is 12.7. The topological polar surface area (TPSA) is 30.9 Å². The van der Waals surface area contributed by atoms with E-state index in [0.717, 1.165) is 16.8 Å². The highest BCUT2D eigenvalue weighted by atomic mass is 15.0. The fourth-order valence-electron chi connectivity index (χ4n) is 2.58. The predicted molar refractivity (Wildman–Crippen MR) is 77.2 cm³/mol. The lowest BCUT2D eigenvalue weighted by Gasteiger charge is -2.14. The van der Waals surface area contributed by atoms with Crippen molar-refractivity contribution < 1.29 is 0 Å². The van der Waals surface area contributed by atoms with Crippen molar-refractivity contribution in [2.24, 2.45) is 0 Å². The van der Waals surface area contributed by atoms with Crippen LogP contribution in [0.15, 0.2) is 48.5 Å². The minimum Gasteiger partial charge on any atom is -0.398 e. The largest absolute Gasteiger partial charge is 0.398 e. The van der Waals surface area contributed by atoms with Crippen molar-refractivity contribution in [1.29, 1.82) is 0 Å². The fraction of sp³-hybridized carbons (Fsp3) is 0.125. The van der Waals surface area contributed by atoms with Gasteiger partial charge in [-0.05, 0) is 43.5 Å². The second-order valence-corrected chi connectivity index (χ2v) is 4.67. The normalized spacial score (nSPS) is 11.0. The first-order valence-corrected chi connectivity index (χ1v) is 6.11. The van der Waals surface area contributed by atoms with E-state index in [1.165, 1.54) is 16.8 Å². The Kier molecular flexibility index (Phi) is 2.37. The van der Waals surface area contributed by atoms with Crippen LogP contribution in [-0.4, -0.2) is 4.57 Å². The molecule has 0 radical (unpaired) electrons. The van der Waals surface area contributed by atoms with Crippen LogP contribution in [0.1, 0.15) is 11.4 Å². The average Bonchev–Trinajstić information content (AvgIpc) is 2.69. The third-order valence-electron chi connectivity index (χ3n) is 3.43. The SMILES string of the molecule is Cc1ccc(C)n1-c1cccc2cccc(N)c12. The van der Waals surface area contributed by atoms with E-state index in [-0.39, 0.29) is 0 Å². The standard InChI is InChI=1S/C16H16N2/c1-11-9-10-12(2)18(11)15-8-4-6-13-5-3-7-14(17)16(13)15/h3-10H,17H2,1-2H3. The first-order chi connectivity index (χ1) is 8.68. The number of nitrogens with zero attached hydrogens (tertiary/aromatic N) is 1. The molecule has 18 heavy (non-hydrogen) atoms. The quantitative estimate of drug-likeness (QED) is 0.640. The molecule has 2 aromatic carbocycles. The monoisotopic (exact) mass is 236 g/mol. The van der Waals surface area contributed by atoms with Crippen LogP contribution in [0.5, 0.6) is 0 Å². The molecule has 0 aliphatic carbocycles. The molecule has 2 heteroatoms. The molecule has 90 valence electrons. The number of nitrogen functional groups attached to an aromatic ring is 1. The zero-order valence-corrected chi connectivity index (χ0v) is 10.6. The first-order valence-electron chi connectivity index (χ1n) is 6.11. The molecule has 0 spiro atoms. The van der Waals surface area contributed by atoms with Crippen molar-refractivity contribution in [3.05, 3.63) is 59.9 Å². The van der Waals surface area contributed by atoms with Crippen LogP contribution in [0, 0.1) is 13.8 Å². The maximum absolute atomic E-state index is 6.15. The molecule has 0 atom stereocenters. The van der Waals surface area contributed by atoms with E-state index in [1.807, 2.05) is 12.1 Å². The molecule has 0 saturated carbocycles. The van der Waals surface area contributed by atoms with Gasteiger partial charge in [0.1, 0.15) is 0 Å². The van der Waals surface area contributed by atoms with Gasteiger partial charge in [0.2, 0.25) is 0 Å². The van der Waals surface area contributed by atoms with Gasteiger partial charge in [-0.3, -0.25) is 0 Å². The molecule has 3 aromatic rings. The summed E-state index contributed by atoms with van der Waals surface area (Å²) in [6.07, 6.45) is 0. The van der Waals surface area contributed by atoms with Gasteiger partial charge in [0.15, 0.2) is 0 Å². The number of aryl methyl sites for hydroxylation is 2. The summed E-state index contributed by atoms with van der Waals surface area (Å²) < 4.78 is 2.25. The molecule has 0 saturated heterocycles. The van der Waals surface area contributed by atoms with Crippen LogP contribution in [0.25, 0.3) is 16.5 Å². The Labute approximate surface area is 107 Å². The molecule has 0 amide bonds. The van der Waals surface area contributed by atoms with Crippen molar-refractivity contribution in [2.45, 2.75) is 13.8 Å². The molecular formula is C16H16N2. The average molecular weight is 236 g/mol. The van der Waals surface area contributed by atoms with Crippen molar-refractivity contribution in [1.82, 2.24) is 4.57 Å². The molecular weight excluding hydrogens is 220 g/mol. The number of anilines is 1. The minimum absolute atomic E-state index is 0.829. The van der Waals surface area contributed by atoms with Crippen molar-refractivity contribution in [2.75, 3.05) is 5.73 Å². The van der Waals surface area contributed by atoms with Crippen LogP contribution >= 0.6 is 0 Å². The summed E-state index contributed by atoms with van der Waals surface area (Å²) in [5.41, 5.74) is 10.6. The smallest absolute Gasteiger partial charge is 0.0554 e. The molecule has 0 aliphatic rings. The van der Waals surface area contributed by atoms with Gasteiger partial charge in [-0.25, -0.2) is 0 Å². The number of nitrogens with two attached hydrogens (primary N) is 1. The van der Waals surface area contributed by atoms with Gasteiger partial charge in [-0.15, -0.1) is 0 Å². The van der Waals surface area contributed by atoms with Gasteiger partial charge in [-0.2, -0.15) is 0 Å². The maximum atomic E-state index is 6.15. The predicted octanol–water partition coefficient (Wildman–Crippen LogP) is 3.83. The van der Waals surface area contributed by atoms with Crippen LogP contribution in [-0.2, 0) is 0 Å². The van der Waals surface area contributed by atoms with Gasteiger partial charge in [0.05, 0.1) is 5.69 Å². The number of aromatic nitrogens is 1. The molecule has 0 bridgehead atoms. The lowest BCUT2D eigenvalue weighted by atomic mass is 10.1. The van der Waals surface area contributed by atoms with E-state index < -0.39 is 0 Å². The van der Waals surface area contributed by atoms with E-state index in [1.54, 1.807) is 0 Å². The highest BCUT2D eigenvalue weighted by molar-refractivity contribution is 5.99. The van der Waals surface area contributed by atoms with Gasteiger partial charge < -0.3 is 10.3 Å². The Morgan fingerprint density at radius 2 is 1.44 bits per heavy atom. The number of fused-ring (bicyclic) bond motifs is 1. The van der Waals surface area contributed by atoms with E-state index in [0.29, 0.717) is 0 Å². The summed E-state index contributed by atoms with van der Waals surface area (Å²) in [6, 6.07) is 16.6. The van der Waals surface area contributed by atoms with E-state index in [4.69, 9.17) is 5.73 Å². The summed E-state index contributed by atoms with van der Waals surface area (Å²) in [5.74, 6) is 0. The molecule has 3 rings (SSSR count). The first kappa shape index (κ1) is 10.9. The molecule has 2 N–H and O–H groups in total. The second kappa shape index (κ2) is 3.91. The Balaban J connectivity index is 2.44. The van der Waals surface area contributed by atoms with E-state index in [2.05, 4.69) is 54.8 Å².